The van der Waals surface area contributed by atoms with Crippen LogP contribution in [0.4, 0.5) is 0 Å². The van der Waals surface area contributed by atoms with Crippen LogP contribution in [0.25, 0.3) is 0 Å². The van der Waals surface area contributed by atoms with Gasteiger partial charge in [0.15, 0.2) is 0 Å². The molecule has 3 rings (SSSR count). The first-order chi connectivity index (χ1) is 11.8. The van der Waals surface area contributed by atoms with E-state index in [9.17, 15) is 0 Å². The van der Waals surface area contributed by atoms with Crippen LogP contribution in [0.5, 0.6) is 5.75 Å². The van der Waals surface area contributed by atoms with Crippen molar-refractivity contribution in [2.75, 3.05) is 12.4 Å². The predicted octanol–water partition coefficient (Wildman–Crippen LogP) is 3.98. The molecule has 0 unspecified atom stereocenters. The molecule has 0 aliphatic carbocycles. The van der Waals surface area contributed by atoms with Gasteiger partial charge in [0, 0.05) is 21.2 Å². The molecule has 1 aromatic heterocycles. The lowest BCUT2D eigenvalue weighted by molar-refractivity contribution is 0.343. The van der Waals surface area contributed by atoms with Crippen molar-refractivity contribution in [1.29, 1.82) is 0 Å². The van der Waals surface area contributed by atoms with E-state index in [0.29, 0.717) is 6.61 Å². The van der Waals surface area contributed by atoms with Crippen molar-refractivity contribution in [2.24, 2.45) is 5.10 Å². The van der Waals surface area contributed by atoms with Crippen LogP contribution in [0.1, 0.15) is 5.56 Å². The van der Waals surface area contributed by atoms with E-state index in [1.54, 1.807) is 18.0 Å². The Balaban J connectivity index is 1.54. The summed E-state index contributed by atoms with van der Waals surface area (Å²) in [4.78, 5) is 1.17. The lowest BCUT2D eigenvalue weighted by atomic mass is 10.2. The summed E-state index contributed by atoms with van der Waals surface area (Å²) in [5.74, 6) is 1.64. The lowest BCUT2D eigenvalue weighted by Crippen LogP contribution is -2.02. The second kappa shape index (κ2) is 8.52. The van der Waals surface area contributed by atoms with Crippen molar-refractivity contribution in [3.05, 3.63) is 71.8 Å². The van der Waals surface area contributed by atoms with E-state index in [4.69, 9.17) is 16.3 Å². The highest BCUT2D eigenvalue weighted by Gasteiger charge is 2.01. The molecule has 0 atom stereocenters. The summed E-state index contributed by atoms with van der Waals surface area (Å²) < 4.78 is 7.41. The first kappa shape index (κ1) is 16.5. The summed E-state index contributed by atoms with van der Waals surface area (Å²) in [5, 5.41) is 12.4. The Kier molecular flexibility index (Phi) is 5.87. The summed E-state index contributed by atoms with van der Waals surface area (Å²) in [6.07, 6.45) is 4.79. The summed E-state index contributed by atoms with van der Waals surface area (Å²) >= 11 is 7.61. The van der Waals surface area contributed by atoms with Crippen LogP contribution < -0.4 is 4.74 Å². The van der Waals surface area contributed by atoms with E-state index in [-0.39, 0.29) is 0 Å². The molecule has 0 radical (unpaired) electrons. The van der Waals surface area contributed by atoms with Crippen LogP contribution in [0, 0.1) is 0 Å². The summed E-state index contributed by atoms with van der Waals surface area (Å²) in [6, 6.07) is 15.6. The first-order valence-electron chi connectivity index (χ1n) is 7.30. The largest absolute Gasteiger partial charge is 0.492 e. The van der Waals surface area contributed by atoms with Crippen LogP contribution in [-0.2, 0) is 0 Å². The van der Waals surface area contributed by atoms with Gasteiger partial charge in [-0.2, -0.15) is 5.10 Å². The molecule has 0 aliphatic heterocycles. The van der Waals surface area contributed by atoms with Gasteiger partial charge >= 0.3 is 0 Å². The summed E-state index contributed by atoms with van der Waals surface area (Å²) in [7, 11) is 0. The molecule has 0 spiro atoms. The molecule has 2 aromatic carbocycles. The van der Waals surface area contributed by atoms with Crippen LogP contribution in [0.3, 0.4) is 0 Å². The van der Waals surface area contributed by atoms with Crippen molar-refractivity contribution in [3.8, 4) is 5.75 Å². The van der Waals surface area contributed by atoms with Crippen LogP contribution in [-0.4, -0.2) is 33.4 Å². The monoisotopic (exact) mass is 358 g/mol. The minimum absolute atomic E-state index is 0.602. The number of ether oxygens (including phenoxy) is 1. The maximum Gasteiger partial charge on any atom is 0.141 e. The number of para-hydroxylation sites is 1. The average Bonchev–Trinajstić information content (AvgIpc) is 3.13. The van der Waals surface area contributed by atoms with Crippen LogP contribution in [0.2, 0.25) is 5.02 Å². The van der Waals surface area contributed by atoms with E-state index >= 15 is 0 Å². The SMILES string of the molecule is Clc1ccc(SCCOc2ccccc2C=Nn2cnnc2)cc1. The van der Waals surface area contributed by atoms with E-state index < -0.39 is 0 Å². The van der Waals surface area contributed by atoms with Crippen molar-refractivity contribution in [1.82, 2.24) is 14.9 Å². The Labute approximate surface area is 149 Å². The number of hydrogen-bond donors (Lipinski definition) is 0. The summed E-state index contributed by atoms with van der Waals surface area (Å²) in [6.45, 7) is 0.602. The molecule has 1 heterocycles. The Morgan fingerprint density at radius 1 is 1.08 bits per heavy atom. The second-order valence-corrected chi connectivity index (χ2v) is 6.38. The fourth-order valence-electron chi connectivity index (χ4n) is 1.94. The topological polar surface area (TPSA) is 52.3 Å². The van der Waals surface area contributed by atoms with Gasteiger partial charge in [-0.1, -0.05) is 23.7 Å². The van der Waals surface area contributed by atoms with Gasteiger partial charge in [0.1, 0.15) is 18.4 Å². The Morgan fingerprint density at radius 3 is 2.62 bits per heavy atom. The highest BCUT2D eigenvalue weighted by atomic mass is 35.5. The van der Waals surface area contributed by atoms with Crippen molar-refractivity contribution < 1.29 is 4.74 Å². The maximum atomic E-state index is 5.88. The van der Waals surface area contributed by atoms with Gasteiger partial charge < -0.3 is 4.74 Å². The zero-order valence-electron chi connectivity index (χ0n) is 12.7. The Hall–Kier alpha value is -2.31. The highest BCUT2D eigenvalue weighted by molar-refractivity contribution is 7.99. The Bertz CT molecular complexity index is 791. The zero-order valence-corrected chi connectivity index (χ0v) is 14.3. The minimum Gasteiger partial charge on any atom is -0.492 e. The normalized spacial score (nSPS) is 11.0. The number of thioether (sulfide) groups is 1. The lowest BCUT2D eigenvalue weighted by Gasteiger charge is -2.08. The molecule has 0 saturated heterocycles. The summed E-state index contributed by atoms with van der Waals surface area (Å²) in [5.41, 5.74) is 0.905. The van der Waals surface area contributed by atoms with Crippen LogP contribution >= 0.6 is 23.4 Å². The number of benzene rings is 2. The number of nitrogens with zero attached hydrogens (tertiary/aromatic N) is 4. The molecule has 24 heavy (non-hydrogen) atoms. The third-order valence-electron chi connectivity index (χ3n) is 3.08. The van der Waals surface area contributed by atoms with Gasteiger partial charge in [-0.15, -0.1) is 22.0 Å². The molecule has 0 saturated carbocycles. The van der Waals surface area contributed by atoms with Crippen molar-refractivity contribution in [2.45, 2.75) is 4.90 Å². The molecular formula is C17H15ClN4OS. The standard InChI is InChI=1S/C17H15ClN4OS/c18-15-5-7-16(8-6-15)24-10-9-23-17-4-2-1-3-14(17)11-21-22-12-19-20-13-22/h1-8,11-13H,9-10H2. The molecule has 7 heteroatoms. The van der Waals surface area contributed by atoms with Gasteiger partial charge in [-0.25, -0.2) is 4.68 Å². The second-order valence-electron chi connectivity index (χ2n) is 4.78. The predicted molar refractivity (Wildman–Crippen MR) is 97.1 cm³/mol. The van der Waals surface area contributed by atoms with E-state index in [1.165, 1.54) is 22.2 Å². The molecule has 3 aromatic rings. The Morgan fingerprint density at radius 2 is 1.83 bits per heavy atom. The smallest absolute Gasteiger partial charge is 0.141 e. The number of aromatic nitrogens is 3. The van der Waals surface area contributed by atoms with E-state index in [1.807, 2.05) is 48.5 Å². The molecular weight excluding hydrogens is 344 g/mol. The van der Waals surface area contributed by atoms with Crippen molar-refractivity contribution >= 4 is 29.6 Å². The molecule has 5 nitrogen and oxygen atoms in total. The molecule has 0 aliphatic rings. The molecule has 0 amide bonds. The molecule has 0 fully saturated rings. The molecule has 122 valence electrons. The molecule has 0 bridgehead atoms. The van der Waals surface area contributed by atoms with E-state index in [2.05, 4.69) is 15.3 Å². The number of halogens is 1. The average molecular weight is 359 g/mol. The van der Waals surface area contributed by atoms with Gasteiger partial charge in [-0.3, -0.25) is 0 Å². The zero-order chi connectivity index (χ0) is 16.6. The number of hydrogen-bond acceptors (Lipinski definition) is 5. The third-order valence-corrected chi connectivity index (χ3v) is 4.31. The van der Waals surface area contributed by atoms with Crippen molar-refractivity contribution in [3.63, 3.8) is 0 Å². The fraction of sp³-hybridized carbons (Fsp3) is 0.118. The third kappa shape index (κ3) is 4.84. The maximum absolute atomic E-state index is 5.88. The minimum atomic E-state index is 0.602. The quantitative estimate of drug-likeness (QED) is 0.364. The van der Waals surface area contributed by atoms with Gasteiger partial charge in [0.2, 0.25) is 0 Å². The first-order valence-corrected chi connectivity index (χ1v) is 8.67. The fourth-order valence-corrected chi connectivity index (χ4v) is 2.80. The molecule has 0 N–H and O–H groups in total. The van der Waals surface area contributed by atoms with Gasteiger partial charge in [0.05, 0.1) is 12.8 Å². The van der Waals surface area contributed by atoms with Crippen LogP contribution in [0.15, 0.2) is 71.2 Å². The highest BCUT2D eigenvalue weighted by Crippen LogP contribution is 2.21. The van der Waals surface area contributed by atoms with E-state index in [0.717, 1.165) is 22.1 Å². The van der Waals surface area contributed by atoms with Gasteiger partial charge in [-0.05, 0) is 36.4 Å². The number of rotatable bonds is 7. The van der Waals surface area contributed by atoms with Gasteiger partial charge in [0.25, 0.3) is 0 Å².